The van der Waals surface area contributed by atoms with Gasteiger partial charge in [-0.2, -0.15) is 0 Å². The molecule has 0 aliphatic heterocycles. The van der Waals surface area contributed by atoms with Crippen LogP contribution in [0.5, 0.6) is 5.75 Å². The fourth-order valence-electron chi connectivity index (χ4n) is 0.921. The summed E-state index contributed by atoms with van der Waals surface area (Å²) in [5, 5.41) is 0. The molecule has 0 saturated carbocycles. The monoisotopic (exact) mass is 258 g/mol. The van der Waals surface area contributed by atoms with E-state index in [0.29, 0.717) is 10.8 Å². The number of hydrogen-bond acceptors (Lipinski definition) is 2. The predicted octanol–water partition coefficient (Wildman–Crippen LogP) is 2.93. The van der Waals surface area contributed by atoms with Crippen LogP contribution >= 0.6 is 15.9 Å². The van der Waals surface area contributed by atoms with Crippen LogP contribution in [-0.4, -0.2) is 12.9 Å². The third-order valence-corrected chi connectivity index (χ3v) is 1.73. The van der Waals surface area contributed by atoms with E-state index in [1.807, 2.05) is 0 Å². The summed E-state index contributed by atoms with van der Waals surface area (Å²) in [6, 6.07) is 4.18. The predicted molar refractivity (Wildman–Crippen MR) is 55.3 cm³/mol. The van der Waals surface area contributed by atoms with E-state index in [4.69, 9.17) is 4.74 Å². The van der Waals surface area contributed by atoms with Crippen molar-refractivity contribution in [1.29, 1.82) is 0 Å². The molecular weight excluding hydrogens is 251 g/mol. The molecule has 0 aliphatic carbocycles. The Balaban J connectivity index is 2.93. The zero-order valence-electron chi connectivity index (χ0n) is 7.30. The second-order valence-corrected chi connectivity index (χ2v) is 3.70. The number of hydrogen-bond donors (Lipinski definition) is 0. The molecular formula is C10H8BrFO2. The highest BCUT2D eigenvalue weighted by molar-refractivity contribution is 9.11. The van der Waals surface area contributed by atoms with Crippen LogP contribution in [0.1, 0.15) is 10.4 Å². The van der Waals surface area contributed by atoms with Crippen LogP contribution < -0.4 is 4.74 Å². The summed E-state index contributed by atoms with van der Waals surface area (Å²) < 4.78 is 18.8. The zero-order valence-corrected chi connectivity index (χ0v) is 8.88. The molecule has 0 fully saturated rings. The molecule has 4 heteroatoms. The maximum absolute atomic E-state index is 13.2. The Bertz CT molecular complexity index is 363. The van der Waals surface area contributed by atoms with E-state index < -0.39 is 5.82 Å². The molecule has 0 N–H and O–H groups in total. The van der Waals surface area contributed by atoms with Gasteiger partial charge in [0.25, 0.3) is 0 Å². The van der Waals surface area contributed by atoms with E-state index in [-0.39, 0.29) is 17.9 Å². The Morgan fingerprint density at radius 3 is 2.93 bits per heavy atom. The molecule has 1 rings (SSSR count). The summed E-state index contributed by atoms with van der Waals surface area (Å²) >= 11 is 3.07. The Morgan fingerprint density at radius 1 is 1.64 bits per heavy atom. The molecule has 1 aromatic rings. The molecule has 1 aromatic carbocycles. The van der Waals surface area contributed by atoms with E-state index in [9.17, 15) is 9.18 Å². The summed E-state index contributed by atoms with van der Waals surface area (Å²) in [5.41, 5.74) is 0.193. The highest BCUT2D eigenvalue weighted by atomic mass is 79.9. The maximum atomic E-state index is 13.2. The van der Waals surface area contributed by atoms with Gasteiger partial charge in [-0.3, -0.25) is 4.79 Å². The van der Waals surface area contributed by atoms with E-state index in [2.05, 4.69) is 22.5 Å². The quantitative estimate of drug-likeness (QED) is 0.777. The minimum Gasteiger partial charge on any atom is -0.485 e. The van der Waals surface area contributed by atoms with Gasteiger partial charge in [-0.05, 0) is 12.1 Å². The van der Waals surface area contributed by atoms with Crippen molar-refractivity contribution in [3.63, 3.8) is 0 Å². The highest BCUT2D eigenvalue weighted by Crippen LogP contribution is 2.21. The van der Waals surface area contributed by atoms with Gasteiger partial charge in [-0.15, -0.1) is 0 Å². The Morgan fingerprint density at radius 2 is 2.36 bits per heavy atom. The summed E-state index contributed by atoms with van der Waals surface area (Å²) in [7, 11) is 0. The van der Waals surface area contributed by atoms with Crippen molar-refractivity contribution in [1.82, 2.24) is 0 Å². The first kappa shape index (κ1) is 10.9. The molecule has 0 aliphatic rings. The van der Waals surface area contributed by atoms with Gasteiger partial charge in [0, 0.05) is 4.48 Å². The Hall–Kier alpha value is -1.16. The SMILES string of the molecule is C=C(Br)COc1c(F)cccc1C=O. The minimum absolute atomic E-state index is 0.0388. The fourth-order valence-corrected chi connectivity index (χ4v) is 1.04. The summed E-state index contributed by atoms with van der Waals surface area (Å²) in [5.74, 6) is -0.591. The Kier molecular flexibility index (Phi) is 3.83. The number of carbonyl (C=O) groups is 1. The van der Waals surface area contributed by atoms with Crippen LogP contribution in [0, 0.1) is 5.82 Å². The smallest absolute Gasteiger partial charge is 0.165 e. The maximum Gasteiger partial charge on any atom is 0.165 e. The van der Waals surface area contributed by atoms with Gasteiger partial charge < -0.3 is 4.74 Å². The van der Waals surface area contributed by atoms with Crippen LogP contribution in [0.2, 0.25) is 0 Å². The molecule has 0 spiro atoms. The van der Waals surface area contributed by atoms with Crippen molar-refractivity contribution in [2.75, 3.05) is 6.61 Å². The number of para-hydroxylation sites is 1. The lowest BCUT2D eigenvalue weighted by Gasteiger charge is -2.07. The van der Waals surface area contributed by atoms with Gasteiger partial charge in [0.1, 0.15) is 6.61 Å². The lowest BCUT2D eigenvalue weighted by atomic mass is 10.2. The van der Waals surface area contributed by atoms with E-state index in [0.717, 1.165) is 0 Å². The lowest BCUT2D eigenvalue weighted by molar-refractivity contribution is 0.111. The standard InChI is InChI=1S/C10H8BrFO2/c1-7(11)6-14-10-8(5-13)3-2-4-9(10)12/h2-5H,1,6H2. The van der Waals surface area contributed by atoms with Crippen LogP contribution in [0.25, 0.3) is 0 Å². The summed E-state index contributed by atoms with van der Waals surface area (Å²) in [6.45, 7) is 3.66. The number of rotatable bonds is 4. The molecule has 14 heavy (non-hydrogen) atoms. The molecule has 0 unspecified atom stereocenters. The summed E-state index contributed by atoms with van der Waals surface area (Å²) in [6.07, 6.45) is 0.551. The first-order valence-electron chi connectivity index (χ1n) is 3.85. The highest BCUT2D eigenvalue weighted by Gasteiger charge is 2.08. The topological polar surface area (TPSA) is 26.3 Å². The van der Waals surface area contributed by atoms with Gasteiger partial charge in [0.05, 0.1) is 5.56 Å². The molecule has 2 nitrogen and oxygen atoms in total. The van der Waals surface area contributed by atoms with Crippen molar-refractivity contribution in [3.8, 4) is 5.75 Å². The first-order chi connectivity index (χ1) is 6.65. The normalized spacial score (nSPS) is 9.57. The largest absolute Gasteiger partial charge is 0.485 e. The van der Waals surface area contributed by atoms with Crippen molar-refractivity contribution in [3.05, 3.63) is 40.6 Å². The van der Waals surface area contributed by atoms with Gasteiger partial charge in [-0.1, -0.05) is 28.6 Å². The minimum atomic E-state index is -0.552. The average Bonchev–Trinajstić information content (AvgIpc) is 2.15. The molecule has 0 bridgehead atoms. The number of halogens is 2. The molecule has 74 valence electrons. The second kappa shape index (κ2) is 4.91. The average molecular weight is 259 g/mol. The molecule has 0 heterocycles. The van der Waals surface area contributed by atoms with Crippen molar-refractivity contribution < 1.29 is 13.9 Å². The van der Waals surface area contributed by atoms with Crippen molar-refractivity contribution >= 4 is 22.2 Å². The summed E-state index contributed by atoms with van der Waals surface area (Å²) in [4.78, 5) is 10.5. The van der Waals surface area contributed by atoms with Crippen molar-refractivity contribution in [2.24, 2.45) is 0 Å². The number of carbonyl (C=O) groups excluding carboxylic acids is 1. The molecule has 0 radical (unpaired) electrons. The van der Waals surface area contributed by atoms with Crippen LogP contribution in [-0.2, 0) is 0 Å². The van der Waals surface area contributed by atoms with Gasteiger partial charge in [0.15, 0.2) is 17.9 Å². The van der Waals surface area contributed by atoms with Crippen LogP contribution in [0.15, 0.2) is 29.3 Å². The van der Waals surface area contributed by atoms with Crippen molar-refractivity contribution in [2.45, 2.75) is 0 Å². The van der Waals surface area contributed by atoms with Crippen LogP contribution in [0.3, 0.4) is 0 Å². The Labute approximate surface area is 89.5 Å². The van der Waals surface area contributed by atoms with E-state index >= 15 is 0 Å². The van der Waals surface area contributed by atoms with Gasteiger partial charge in [0.2, 0.25) is 0 Å². The van der Waals surface area contributed by atoms with Crippen LogP contribution in [0.4, 0.5) is 4.39 Å². The molecule has 0 atom stereocenters. The van der Waals surface area contributed by atoms with E-state index in [1.165, 1.54) is 18.2 Å². The van der Waals surface area contributed by atoms with Gasteiger partial charge >= 0.3 is 0 Å². The van der Waals surface area contributed by atoms with E-state index in [1.54, 1.807) is 0 Å². The zero-order chi connectivity index (χ0) is 10.6. The fraction of sp³-hybridized carbons (Fsp3) is 0.100. The van der Waals surface area contributed by atoms with Gasteiger partial charge in [-0.25, -0.2) is 4.39 Å². The second-order valence-electron chi connectivity index (χ2n) is 2.58. The third kappa shape index (κ3) is 2.67. The molecule has 0 aromatic heterocycles. The third-order valence-electron chi connectivity index (χ3n) is 1.50. The molecule has 0 saturated heterocycles. The molecule has 0 amide bonds. The number of aldehydes is 1. The lowest BCUT2D eigenvalue weighted by Crippen LogP contribution is -2.01. The number of ether oxygens (including phenoxy) is 1. The first-order valence-corrected chi connectivity index (χ1v) is 4.64. The number of benzene rings is 1.